The zero-order valence-corrected chi connectivity index (χ0v) is 18.5. The Hall–Kier alpha value is -2.93. The van der Waals surface area contributed by atoms with Gasteiger partial charge < -0.3 is 25.8 Å². The monoisotopic (exact) mass is 440 g/mol. The summed E-state index contributed by atoms with van der Waals surface area (Å²) >= 11 is 6.13. The third-order valence-electron chi connectivity index (χ3n) is 5.73. The number of hydrogen-bond acceptors (Lipinski definition) is 4. The number of halogens is 1. The van der Waals surface area contributed by atoms with Gasteiger partial charge in [-0.3, -0.25) is 9.79 Å². The Morgan fingerprint density at radius 2 is 2.00 bits per heavy atom. The molecular weight excluding hydrogens is 412 g/mol. The second kappa shape index (κ2) is 9.92. The molecule has 31 heavy (non-hydrogen) atoms. The molecule has 0 saturated carbocycles. The number of hydrogen-bond donors (Lipinski definition) is 3. The number of piperazine rings is 1. The standard InChI is InChI=1S/C23H29ClN6O/c1-25-23(28-19-9-11-29(15-19)21-4-2-3-18(24)13-21)27-14-17-5-7-20(8-6-17)30-12-10-26-22(31)16-30/h2-8,13,19H,9-12,14-16H2,1H3,(H,26,31)(H2,25,27,28). The number of aliphatic imine (C=N–C) groups is 1. The minimum absolute atomic E-state index is 0.0766. The zero-order valence-electron chi connectivity index (χ0n) is 17.8. The highest BCUT2D eigenvalue weighted by Crippen LogP contribution is 2.23. The van der Waals surface area contributed by atoms with Crippen molar-refractivity contribution in [3.8, 4) is 0 Å². The molecule has 1 unspecified atom stereocenters. The average molecular weight is 441 g/mol. The predicted octanol–water partition coefficient (Wildman–Crippen LogP) is 2.22. The van der Waals surface area contributed by atoms with E-state index in [1.54, 1.807) is 7.05 Å². The van der Waals surface area contributed by atoms with Crippen LogP contribution in [0.1, 0.15) is 12.0 Å². The molecule has 0 bridgehead atoms. The van der Waals surface area contributed by atoms with Gasteiger partial charge in [-0.2, -0.15) is 0 Å². The van der Waals surface area contributed by atoms with E-state index >= 15 is 0 Å². The highest BCUT2D eigenvalue weighted by atomic mass is 35.5. The van der Waals surface area contributed by atoms with Crippen molar-refractivity contribution in [1.29, 1.82) is 0 Å². The molecule has 2 heterocycles. The summed E-state index contributed by atoms with van der Waals surface area (Å²) in [6, 6.07) is 16.7. The number of guanidine groups is 1. The highest BCUT2D eigenvalue weighted by Gasteiger charge is 2.23. The number of rotatable bonds is 5. The van der Waals surface area contributed by atoms with Gasteiger partial charge in [0.15, 0.2) is 5.96 Å². The third-order valence-corrected chi connectivity index (χ3v) is 5.96. The summed E-state index contributed by atoms with van der Waals surface area (Å²) in [6.45, 7) is 4.55. The fourth-order valence-electron chi connectivity index (χ4n) is 4.04. The van der Waals surface area contributed by atoms with Crippen LogP contribution < -0.4 is 25.8 Å². The second-order valence-electron chi connectivity index (χ2n) is 7.92. The number of carbonyl (C=O) groups is 1. The second-order valence-corrected chi connectivity index (χ2v) is 8.36. The predicted molar refractivity (Wildman–Crippen MR) is 127 cm³/mol. The molecule has 2 aliphatic heterocycles. The molecule has 1 amide bonds. The molecule has 0 spiro atoms. The van der Waals surface area contributed by atoms with E-state index in [2.05, 4.69) is 61.1 Å². The molecule has 3 N–H and O–H groups in total. The lowest BCUT2D eigenvalue weighted by Crippen LogP contribution is -2.47. The van der Waals surface area contributed by atoms with Crippen molar-refractivity contribution >= 4 is 34.8 Å². The molecule has 2 aliphatic rings. The molecule has 2 saturated heterocycles. The third kappa shape index (κ3) is 5.61. The summed E-state index contributed by atoms with van der Waals surface area (Å²) < 4.78 is 0. The first-order valence-electron chi connectivity index (χ1n) is 10.7. The molecular formula is C23H29ClN6O. The van der Waals surface area contributed by atoms with E-state index in [-0.39, 0.29) is 5.91 Å². The number of nitrogens with one attached hydrogen (secondary N) is 3. The summed E-state index contributed by atoms with van der Waals surface area (Å²) in [4.78, 5) is 20.4. The maximum Gasteiger partial charge on any atom is 0.239 e. The number of nitrogens with zero attached hydrogens (tertiary/aromatic N) is 3. The van der Waals surface area contributed by atoms with Crippen molar-refractivity contribution in [3.05, 3.63) is 59.1 Å². The van der Waals surface area contributed by atoms with E-state index in [1.807, 2.05) is 18.2 Å². The van der Waals surface area contributed by atoms with Crippen LogP contribution in [0.5, 0.6) is 0 Å². The van der Waals surface area contributed by atoms with Crippen molar-refractivity contribution in [3.63, 3.8) is 0 Å². The molecule has 0 aliphatic carbocycles. The van der Waals surface area contributed by atoms with Crippen molar-refractivity contribution in [2.24, 2.45) is 4.99 Å². The van der Waals surface area contributed by atoms with E-state index in [0.717, 1.165) is 48.4 Å². The summed E-state index contributed by atoms with van der Waals surface area (Å²) in [5, 5.41) is 10.6. The Balaban J connectivity index is 1.26. The molecule has 2 fully saturated rings. The van der Waals surface area contributed by atoms with E-state index in [0.29, 0.717) is 25.7 Å². The van der Waals surface area contributed by atoms with Crippen LogP contribution in [0, 0.1) is 0 Å². The van der Waals surface area contributed by atoms with Crippen molar-refractivity contribution in [2.45, 2.75) is 19.0 Å². The summed E-state index contributed by atoms with van der Waals surface area (Å²) in [7, 11) is 1.80. The van der Waals surface area contributed by atoms with Gasteiger partial charge >= 0.3 is 0 Å². The van der Waals surface area contributed by atoms with Crippen LogP contribution in [-0.4, -0.2) is 57.7 Å². The lowest BCUT2D eigenvalue weighted by atomic mass is 10.2. The number of benzene rings is 2. The van der Waals surface area contributed by atoms with Gasteiger partial charge in [0, 0.05) is 62.2 Å². The molecule has 7 nitrogen and oxygen atoms in total. The largest absolute Gasteiger partial charge is 0.369 e. The number of amides is 1. The van der Waals surface area contributed by atoms with Crippen LogP contribution in [0.2, 0.25) is 5.02 Å². The molecule has 1 atom stereocenters. The van der Waals surface area contributed by atoms with E-state index in [1.165, 1.54) is 5.56 Å². The Kier molecular flexibility index (Phi) is 6.82. The van der Waals surface area contributed by atoms with Crippen LogP contribution in [0.4, 0.5) is 11.4 Å². The normalized spacial score (nSPS) is 19.4. The Morgan fingerprint density at radius 1 is 1.16 bits per heavy atom. The first kappa shape index (κ1) is 21.3. The van der Waals surface area contributed by atoms with Crippen molar-refractivity contribution < 1.29 is 4.79 Å². The lowest BCUT2D eigenvalue weighted by Gasteiger charge is -2.28. The summed E-state index contributed by atoms with van der Waals surface area (Å²) in [5.74, 6) is 0.877. The summed E-state index contributed by atoms with van der Waals surface area (Å²) in [6.07, 6.45) is 1.05. The summed E-state index contributed by atoms with van der Waals surface area (Å²) in [5.41, 5.74) is 3.40. The first-order chi connectivity index (χ1) is 15.1. The van der Waals surface area contributed by atoms with Gasteiger partial charge in [-0.05, 0) is 42.3 Å². The quantitative estimate of drug-likeness (QED) is 0.491. The molecule has 0 aromatic heterocycles. The Morgan fingerprint density at radius 3 is 2.74 bits per heavy atom. The number of anilines is 2. The van der Waals surface area contributed by atoms with E-state index < -0.39 is 0 Å². The Labute approximate surface area is 188 Å². The van der Waals surface area contributed by atoms with Crippen molar-refractivity contribution in [2.75, 3.05) is 49.6 Å². The molecule has 8 heteroatoms. The van der Waals surface area contributed by atoms with Gasteiger partial charge in [-0.1, -0.05) is 29.8 Å². The molecule has 164 valence electrons. The first-order valence-corrected chi connectivity index (χ1v) is 11.1. The van der Waals surface area contributed by atoms with Gasteiger partial charge in [-0.15, -0.1) is 0 Å². The minimum atomic E-state index is 0.0766. The van der Waals surface area contributed by atoms with Gasteiger partial charge in [-0.25, -0.2) is 0 Å². The lowest BCUT2D eigenvalue weighted by molar-refractivity contribution is -0.120. The van der Waals surface area contributed by atoms with Gasteiger partial charge in [0.25, 0.3) is 0 Å². The van der Waals surface area contributed by atoms with Crippen molar-refractivity contribution in [1.82, 2.24) is 16.0 Å². The minimum Gasteiger partial charge on any atom is -0.369 e. The smallest absolute Gasteiger partial charge is 0.239 e. The van der Waals surface area contributed by atoms with Crippen LogP contribution in [0.25, 0.3) is 0 Å². The van der Waals surface area contributed by atoms with Crippen LogP contribution >= 0.6 is 11.6 Å². The fourth-order valence-corrected chi connectivity index (χ4v) is 4.23. The van der Waals surface area contributed by atoms with Gasteiger partial charge in [0.2, 0.25) is 5.91 Å². The van der Waals surface area contributed by atoms with Gasteiger partial charge in [0.05, 0.1) is 6.54 Å². The van der Waals surface area contributed by atoms with Crippen LogP contribution in [0.3, 0.4) is 0 Å². The fraction of sp³-hybridized carbons (Fsp3) is 0.391. The zero-order chi connectivity index (χ0) is 21.6. The topological polar surface area (TPSA) is 72.0 Å². The van der Waals surface area contributed by atoms with E-state index in [4.69, 9.17) is 11.6 Å². The maximum atomic E-state index is 11.6. The Bertz CT molecular complexity index is 932. The van der Waals surface area contributed by atoms with Gasteiger partial charge in [0.1, 0.15) is 0 Å². The molecule has 4 rings (SSSR count). The number of carbonyl (C=O) groups excluding carboxylic acids is 1. The van der Waals surface area contributed by atoms with Crippen LogP contribution in [-0.2, 0) is 11.3 Å². The maximum absolute atomic E-state index is 11.6. The van der Waals surface area contributed by atoms with Crippen LogP contribution in [0.15, 0.2) is 53.5 Å². The molecule has 2 aromatic rings. The highest BCUT2D eigenvalue weighted by molar-refractivity contribution is 6.30. The molecule has 0 radical (unpaired) electrons. The average Bonchev–Trinajstić information content (AvgIpc) is 3.25. The molecule has 2 aromatic carbocycles. The SMILES string of the molecule is CN=C(NCc1ccc(N2CCNC(=O)C2)cc1)NC1CCN(c2cccc(Cl)c2)C1. The van der Waals surface area contributed by atoms with E-state index in [9.17, 15) is 4.79 Å².